The summed E-state index contributed by atoms with van der Waals surface area (Å²) in [5, 5.41) is 23.9. The van der Waals surface area contributed by atoms with E-state index in [4.69, 9.17) is 24.3 Å². The van der Waals surface area contributed by atoms with Crippen molar-refractivity contribution in [3.63, 3.8) is 0 Å². The normalized spacial score (nSPS) is 22.7. The second-order valence-electron chi connectivity index (χ2n) is 10.3. The standard InChI is InChI=1S/C26H39N4O9P/c1-6-17(7-2)15-36-24(33)26(3,4)28-40(35,39-18-11-9-8-10-12-18)37-16-19-21(31)22(32)23(38-19)30-14-13-20(27)29(5)25(30)34/h8-14,17,19,21-23,27,31-32H,6-7,15-16H2,1-5H3,(H,28,35)/p+1/t19-,21+,22?,23-,40?/m1/s1. The molecule has 40 heavy (non-hydrogen) atoms. The quantitative estimate of drug-likeness (QED) is 0.152. The van der Waals surface area contributed by atoms with Gasteiger partial charge >= 0.3 is 19.4 Å². The van der Waals surface area contributed by atoms with Crippen molar-refractivity contribution >= 4 is 19.5 Å². The number of aromatic nitrogens is 2. The summed E-state index contributed by atoms with van der Waals surface area (Å²) in [6, 6.07) is 9.65. The lowest BCUT2D eigenvalue weighted by Crippen LogP contribution is -2.59. The average Bonchev–Trinajstić information content (AvgIpc) is 3.20. The first-order chi connectivity index (χ1) is 18.8. The Kier molecular flexibility index (Phi) is 10.5. The number of carbonyl (C=O) groups is 1. The maximum Gasteiger partial charge on any atom is 0.501 e. The van der Waals surface area contributed by atoms with E-state index in [1.54, 1.807) is 30.3 Å². The molecular weight excluding hydrogens is 543 g/mol. The summed E-state index contributed by atoms with van der Waals surface area (Å²) < 4.78 is 38.7. The molecule has 1 aromatic carbocycles. The molecule has 2 unspecified atom stereocenters. The highest BCUT2D eigenvalue weighted by Crippen LogP contribution is 2.47. The molecule has 0 amide bonds. The summed E-state index contributed by atoms with van der Waals surface area (Å²) in [4.78, 5) is 25.5. The van der Waals surface area contributed by atoms with Crippen molar-refractivity contribution in [2.75, 3.05) is 18.9 Å². The molecule has 0 saturated carbocycles. The van der Waals surface area contributed by atoms with Crippen molar-refractivity contribution in [1.29, 1.82) is 0 Å². The largest absolute Gasteiger partial charge is 0.501 e. The van der Waals surface area contributed by atoms with Crippen molar-refractivity contribution in [3.8, 4) is 5.75 Å². The number of nitrogens with zero attached hydrogens (tertiary/aromatic N) is 2. The Morgan fingerprint density at radius 3 is 2.48 bits per heavy atom. The van der Waals surface area contributed by atoms with Crippen LogP contribution in [0, 0.1) is 5.92 Å². The minimum atomic E-state index is -4.30. The van der Waals surface area contributed by atoms with Crippen LogP contribution in [0.25, 0.3) is 0 Å². The van der Waals surface area contributed by atoms with Gasteiger partial charge in [0.15, 0.2) is 5.82 Å². The molecule has 0 radical (unpaired) electrons. The maximum atomic E-state index is 14.0. The Balaban J connectivity index is 1.78. The van der Waals surface area contributed by atoms with E-state index in [9.17, 15) is 24.4 Å². The van der Waals surface area contributed by atoms with Crippen molar-refractivity contribution < 1.29 is 42.7 Å². The van der Waals surface area contributed by atoms with Gasteiger partial charge in [0.2, 0.25) is 6.23 Å². The van der Waals surface area contributed by atoms with E-state index in [1.807, 2.05) is 13.8 Å². The Bertz CT molecular complexity index is 1250. The van der Waals surface area contributed by atoms with E-state index >= 15 is 0 Å². The second kappa shape index (κ2) is 13.2. The topological polar surface area (TPSA) is 175 Å². The summed E-state index contributed by atoms with van der Waals surface area (Å²) in [5.41, 5.74) is 3.68. The number of nitrogens with two attached hydrogens (primary N) is 1. The SMILES string of the molecule is CCC(CC)COC(=O)C(C)(C)NP(=O)(OC[C@H]1O[C@@H]([n+]2ccc(N)n(C)c2=O)C(O)[C@H]1O)Oc1ccccc1. The van der Waals surface area contributed by atoms with Gasteiger partial charge < -0.3 is 29.9 Å². The lowest BCUT2D eigenvalue weighted by molar-refractivity contribution is -0.781. The molecule has 1 aromatic heterocycles. The van der Waals surface area contributed by atoms with Gasteiger partial charge in [-0.15, -0.1) is 0 Å². The predicted molar refractivity (Wildman–Crippen MR) is 145 cm³/mol. The molecular formula is C26H40N4O9P+. The third-order valence-electron chi connectivity index (χ3n) is 6.82. The molecule has 1 aliphatic rings. The van der Waals surface area contributed by atoms with Crippen molar-refractivity contribution in [1.82, 2.24) is 9.65 Å². The van der Waals surface area contributed by atoms with Gasteiger partial charge in [-0.2, -0.15) is 19.0 Å². The Morgan fingerprint density at radius 2 is 1.85 bits per heavy atom. The summed E-state index contributed by atoms with van der Waals surface area (Å²) in [5.74, 6) is -0.0610. The number of rotatable bonds is 13. The van der Waals surface area contributed by atoms with Crippen LogP contribution in [-0.2, 0) is 30.4 Å². The molecule has 0 bridgehead atoms. The van der Waals surface area contributed by atoms with Crippen LogP contribution in [-0.4, -0.2) is 57.8 Å². The molecule has 1 fully saturated rings. The molecule has 13 nitrogen and oxygen atoms in total. The first kappa shape index (κ1) is 31.7. The summed E-state index contributed by atoms with van der Waals surface area (Å²) in [7, 11) is -2.85. The number of nitrogen functional groups attached to an aromatic ring is 1. The van der Waals surface area contributed by atoms with Gasteiger partial charge in [0.05, 0.1) is 20.3 Å². The van der Waals surface area contributed by atoms with Gasteiger partial charge in [-0.25, -0.2) is 4.57 Å². The van der Waals surface area contributed by atoms with Crippen molar-refractivity contribution in [2.45, 2.75) is 70.6 Å². The molecule has 5 atom stereocenters. The van der Waals surface area contributed by atoms with Gasteiger partial charge in [0.1, 0.15) is 35.8 Å². The van der Waals surface area contributed by atoms with Crippen LogP contribution >= 0.6 is 7.75 Å². The number of aliphatic hydroxyl groups excluding tert-OH is 2. The third-order valence-corrected chi connectivity index (χ3v) is 8.59. The molecule has 0 spiro atoms. The van der Waals surface area contributed by atoms with Crippen LogP contribution in [0.1, 0.15) is 46.8 Å². The highest BCUT2D eigenvalue weighted by molar-refractivity contribution is 7.52. The lowest BCUT2D eigenvalue weighted by atomic mass is 10.0. The molecule has 1 saturated heterocycles. The van der Waals surface area contributed by atoms with E-state index in [0.717, 1.165) is 22.0 Å². The monoisotopic (exact) mass is 583 g/mol. The number of ether oxygens (including phenoxy) is 2. The fraction of sp³-hybridized carbons (Fsp3) is 0.577. The minimum Gasteiger partial charge on any atom is -0.464 e. The van der Waals surface area contributed by atoms with E-state index in [-0.39, 0.29) is 24.1 Å². The van der Waals surface area contributed by atoms with Crippen LogP contribution in [0.4, 0.5) is 5.82 Å². The number of hydrogen-bond donors (Lipinski definition) is 4. The maximum absolute atomic E-state index is 14.0. The Labute approximate surface area is 233 Å². The van der Waals surface area contributed by atoms with E-state index < -0.39 is 56.1 Å². The molecule has 0 aliphatic carbocycles. The summed E-state index contributed by atoms with van der Waals surface area (Å²) in [6.45, 7) is 6.69. The van der Waals surface area contributed by atoms with E-state index in [0.29, 0.717) is 0 Å². The van der Waals surface area contributed by atoms with E-state index in [1.165, 1.54) is 33.2 Å². The zero-order valence-electron chi connectivity index (χ0n) is 23.4. The average molecular weight is 584 g/mol. The second-order valence-corrected chi connectivity index (χ2v) is 11.9. The molecule has 2 aromatic rings. The predicted octanol–water partition coefficient (Wildman–Crippen LogP) is 1.43. The van der Waals surface area contributed by atoms with Crippen molar-refractivity contribution in [2.24, 2.45) is 13.0 Å². The zero-order valence-corrected chi connectivity index (χ0v) is 24.3. The number of carbonyl (C=O) groups excluding carboxylic acids is 1. The lowest BCUT2D eigenvalue weighted by Gasteiger charge is -2.30. The zero-order chi connectivity index (χ0) is 29.7. The van der Waals surface area contributed by atoms with E-state index in [2.05, 4.69) is 5.09 Å². The molecule has 5 N–H and O–H groups in total. The number of benzene rings is 1. The van der Waals surface area contributed by atoms with Crippen LogP contribution in [0.3, 0.4) is 0 Å². The third kappa shape index (κ3) is 7.48. The fourth-order valence-corrected chi connectivity index (χ4v) is 5.75. The van der Waals surface area contributed by atoms with Crippen LogP contribution < -0.4 is 25.6 Å². The van der Waals surface area contributed by atoms with Gasteiger partial charge in [0.25, 0.3) is 0 Å². The number of esters is 1. The molecule has 3 rings (SSSR count). The molecule has 1 aliphatic heterocycles. The fourth-order valence-electron chi connectivity index (χ4n) is 4.07. The number of para-hydroxylation sites is 1. The van der Waals surface area contributed by atoms with Crippen molar-refractivity contribution in [3.05, 3.63) is 53.1 Å². The molecule has 222 valence electrons. The number of hydrogen-bond acceptors (Lipinski definition) is 10. The Morgan fingerprint density at radius 1 is 1.20 bits per heavy atom. The van der Waals surface area contributed by atoms with Gasteiger partial charge in [0, 0.05) is 6.07 Å². The first-order valence-electron chi connectivity index (χ1n) is 13.2. The minimum absolute atomic E-state index is 0.194. The highest BCUT2D eigenvalue weighted by atomic mass is 31.2. The number of nitrogens with one attached hydrogen (secondary N) is 1. The van der Waals surface area contributed by atoms with Gasteiger partial charge in [-0.05, 0) is 31.9 Å². The van der Waals surface area contributed by atoms with Gasteiger partial charge in [-0.3, -0.25) is 9.32 Å². The smallest absolute Gasteiger partial charge is 0.464 e. The summed E-state index contributed by atoms with van der Waals surface area (Å²) in [6.07, 6.45) is -2.45. The highest BCUT2D eigenvalue weighted by Gasteiger charge is 2.49. The number of aliphatic hydroxyl groups is 2. The summed E-state index contributed by atoms with van der Waals surface area (Å²) >= 11 is 0. The first-order valence-corrected chi connectivity index (χ1v) is 14.7. The van der Waals surface area contributed by atoms with Crippen LogP contribution in [0.5, 0.6) is 5.75 Å². The molecule has 2 heterocycles. The molecule has 14 heteroatoms. The Hall–Kier alpha value is -2.80. The number of anilines is 1. The van der Waals surface area contributed by atoms with Crippen LogP contribution in [0.15, 0.2) is 47.4 Å². The van der Waals surface area contributed by atoms with Crippen LogP contribution in [0.2, 0.25) is 0 Å². The van der Waals surface area contributed by atoms with Gasteiger partial charge in [-0.1, -0.05) is 44.9 Å².